The molecule has 31 heavy (non-hydrogen) atoms. The molecule has 6 heteroatoms. The van der Waals surface area contributed by atoms with E-state index in [1.54, 1.807) is 42.3 Å². The molecule has 0 atom stereocenters. The van der Waals surface area contributed by atoms with Crippen molar-refractivity contribution in [2.75, 3.05) is 35.7 Å². The molecule has 3 aromatic rings. The van der Waals surface area contributed by atoms with Crippen molar-refractivity contribution in [3.8, 4) is 5.75 Å². The largest absolute Gasteiger partial charge is 0.490 e. The van der Waals surface area contributed by atoms with E-state index in [-0.39, 0.29) is 18.4 Å². The summed E-state index contributed by atoms with van der Waals surface area (Å²) in [5.74, 6) is 0.365. The summed E-state index contributed by atoms with van der Waals surface area (Å²) in [4.78, 5) is 26.7. The van der Waals surface area contributed by atoms with E-state index in [1.165, 1.54) is 0 Å². The van der Waals surface area contributed by atoms with Crippen LogP contribution in [-0.2, 0) is 4.79 Å². The molecular weight excluding hydrogens is 390 g/mol. The number of nitrogens with zero attached hydrogens (tertiary/aromatic N) is 1. The van der Waals surface area contributed by atoms with Crippen molar-refractivity contribution in [3.63, 3.8) is 0 Å². The topological polar surface area (TPSA) is 70.7 Å². The number of para-hydroxylation sites is 1. The normalized spacial score (nSPS) is 10.1. The first kappa shape index (κ1) is 21.6. The van der Waals surface area contributed by atoms with E-state index in [9.17, 15) is 9.59 Å². The van der Waals surface area contributed by atoms with E-state index in [0.717, 1.165) is 17.1 Å². The fraction of sp³-hybridized carbons (Fsp3) is 0.120. The van der Waals surface area contributed by atoms with Crippen LogP contribution in [0.5, 0.6) is 5.75 Å². The average Bonchev–Trinajstić information content (AvgIpc) is 2.82. The molecule has 0 aromatic heterocycles. The fourth-order valence-corrected chi connectivity index (χ4v) is 2.90. The van der Waals surface area contributed by atoms with Gasteiger partial charge in [0.05, 0.1) is 6.54 Å². The zero-order valence-electron chi connectivity index (χ0n) is 17.4. The first-order valence-corrected chi connectivity index (χ1v) is 9.87. The fourth-order valence-electron chi connectivity index (χ4n) is 2.90. The molecule has 0 saturated heterocycles. The second kappa shape index (κ2) is 10.6. The zero-order valence-corrected chi connectivity index (χ0v) is 17.4. The molecule has 0 fully saturated rings. The van der Waals surface area contributed by atoms with Crippen LogP contribution in [0.3, 0.4) is 0 Å². The molecule has 0 radical (unpaired) electrons. The predicted molar refractivity (Wildman–Crippen MR) is 125 cm³/mol. The van der Waals surface area contributed by atoms with Gasteiger partial charge in [-0.1, -0.05) is 36.9 Å². The first-order valence-electron chi connectivity index (χ1n) is 9.87. The summed E-state index contributed by atoms with van der Waals surface area (Å²) >= 11 is 0. The van der Waals surface area contributed by atoms with Gasteiger partial charge < -0.3 is 20.3 Å². The zero-order chi connectivity index (χ0) is 22.1. The molecule has 0 heterocycles. The van der Waals surface area contributed by atoms with Crippen LogP contribution >= 0.6 is 0 Å². The van der Waals surface area contributed by atoms with Crippen molar-refractivity contribution in [2.24, 2.45) is 0 Å². The number of hydrogen-bond donors (Lipinski definition) is 2. The van der Waals surface area contributed by atoms with Crippen molar-refractivity contribution in [2.45, 2.75) is 0 Å². The summed E-state index contributed by atoms with van der Waals surface area (Å²) in [6, 6.07) is 23.6. The molecule has 0 spiro atoms. The molecule has 158 valence electrons. The van der Waals surface area contributed by atoms with Crippen LogP contribution in [0.25, 0.3) is 0 Å². The Labute approximate surface area is 182 Å². The highest BCUT2D eigenvalue weighted by Crippen LogP contribution is 2.18. The lowest BCUT2D eigenvalue weighted by molar-refractivity contribution is -0.114. The van der Waals surface area contributed by atoms with Gasteiger partial charge in [-0.3, -0.25) is 9.59 Å². The lowest BCUT2D eigenvalue weighted by Gasteiger charge is -2.17. The summed E-state index contributed by atoms with van der Waals surface area (Å²) < 4.78 is 5.43. The summed E-state index contributed by atoms with van der Waals surface area (Å²) in [5, 5.41) is 5.88. The van der Waals surface area contributed by atoms with Gasteiger partial charge in [0.25, 0.3) is 5.91 Å². The predicted octanol–water partition coefficient (Wildman–Crippen LogP) is 4.58. The minimum absolute atomic E-state index is 0.0922. The maximum atomic E-state index is 12.8. The monoisotopic (exact) mass is 415 g/mol. The molecule has 0 aliphatic heterocycles. The minimum Gasteiger partial charge on any atom is -0.490 e. The first-order chi connectivity index (χ1) is 15.1. The van der Waals surface area contributed by atoms with Crippen LogP contribution in [0.15, 0.2) is 91.5 Å². The maximum Gasteiger partial charge on any atom is 0.258 e. The van der Waals surface area contributed by atoms with Gasteiger partial charge in [-0.05, 0) is 54.6 Å². The second-order valence-corrected chi connectivity index (χ2v) is 6.81. The second-order valence-electron chi connectivity index (χ2n) is 6.81. The molecule has 6 nitrogen and oxygen atoms in total. The van der Waals surface area contributed by atoms with Crippen molar-refractivity contribution < 1.29 is 14.3 Å². The molecular formula is C25H25N3O3. The minimum atomic E-state index is -0.215. The third kappa shape index (κ3) is 6.21. The number of amides is 2. The molecule has 2 amide bonds. The number of hydrogen-bond acceptors (Lipinski definition) is 4. The van der Waals surface area contributed by atoms with Gasteiger partial charge in [-0.25, -0.2) is 0 Å². The molecule has 2 N–H and O–H groups in total. The van der Waals surface area contributed by atoms with Crippen LogP contribution < -0.4 is 20.3 Å². The van der Waals surface area contributed by atoms with Gasteiger partial charge in [0.15, 0.2) is 0 Å². The number of carbonyl (C=O) groups is 2. The summed E-state index contributed by atoms with van der Waals surface area (Å²) in [5.41, 5.74) is 2.65. The summed E-state index contributed by atoms with van der Waals surface area (Å²) in [6.07, 6.45) is 1.68. The number of benzene rings is 3. The third-order valence-corrected chi connectivity index (χ3v) is 4.52. The number of ether oxygens (including phenoxy) is 1. The van der Waals surface area contributed by atoms with Gasteiger partial charge in [0, 0.05) is 29.7 Å². The Morgan fingerprint density at radius 1 is 0.968 bits per heavy atom. The molecule has 0 saturated carbocycles. The summed E-state index contributed by atoms with van der Waals surface area (Å²) in [6.45, 7) is 4.15. The molecule has 3 aromatic carbocycles. The van der Waals surface area contributed by atoms with E-state index in [0.29, 0.717) is 17.9 Å². The number of anilines is 3. The lowest BCUT2D eigenvalue weighted by atomic mass is 10.1. The molecule has 0 aliphatic carbocycles. The summed E-state index contributed by atoms with van der Waals surface area (Å²) in [7, 11) is 1.72. The molecule has 0 aliphatic rings. The Morgan fingerprint density at radius 2 is 1.71 bits per heavy atom. The molecule has 0 unspecified atom stereocenters. The van der Waals surface area contributed by atoms with Gasteiger partial charge in [0.1, 0.15) is 12.4 Å². The van der Waals surface area contributed by atoms with E-state index in [4.69, 9.17) is 4.74 Å². The van der Waals surface area contributed by atoms with Gasteiger partial charge in [-0.2, -0.15) is 0 Å². The standard InChI is InChI=1S/C25H25N3O3/c1-3-16-31-23-14-12-20(13-15-23)26-18-24(29)27-21-9-7-8-19(17-21)25(30)28(2)22-10-5-4-6-11-22/h3-15,17,26H,1,16,18H2,2H3,(H,27,29). The van der Waals surface area contributed by atoms with Crippen LogP contribution in [0.1, 0.15) is 10.4 Å². The Kier molecular flexibility index (Phi) is 7.43. The smallest absolute Gasteiger partial charge is 0.258 e. The lowest BCUT2D eigenvalue weighted by Crippen LogP contribution is -2.26. The van der Waals surface area contributed by atoms with Crippen molar-refractivity contribution in [1.29, 1.82) is 0 Å². The van der Waals surface area contributed by atoms with E-state index < -0.39 is 0 Å². The van der Waals surface area contributed by atoms with Gasteiger partial charge in [0.2, 0.25) is 5.91 Å². The van der Waals surface area contributed by atoms with Crippen LogP contribution in [0, 0.1) is 0 Å². The van der Waals surface area contributed by atoms with E-state index in [1.807, 2.05) is 54.6 Å². The SMILES string of the molecule is C=CCOc1ccc(NCC(=O)Nc2cccc(C(=O)N(C)c3ccccc3)c2)cc1. The Bertz CT molecular complexity index is 1030. The van der Waals surface area contributed by atoms with Gasteiger partial charge in [-0.15, -0.1) is 0 Å². The molecule has 3 rings (SSSR count). The van der Waals surface area contributed by atoms with E-state index >= 15 is 0 Å². The highest BCUT2D eigenvalue weighted by atomic mass is 16.5. The Hall–Kier alpha value is -4.06. The molecule has 0 bridgehead atoms. The number of rotatable bonds is 9. The number of carbonyl (C=O) groups excluding carboxylic acids is 2. The third-order valence-electron chi connectivity index (χ3n) is 4.52. The number of nitrogens with one attached hydrogen (secondary N) is 2. The highest BCUT2D eigenvalue weighted by Gasteiger charge is 2.14. The quantitative estimate of drug-likeness (QED) is 0.502. The van der Waals surface area contributed by atoms with Crippen molar-refractivity contribution in [3.05, 3.63) is 97.1 Å². The Balaban J connectivity index is 1.56. The van der Waals surface area contributed by atoms with Gasteiger partial charge >= 0.3 is 0 Å². The van der Waals surface area contributed by atoms with Crippen LogP contribution in [0.2, 0.25) is 0 Å². The maximum absolute atomic E-state index is 12.8. The van der Waals surface area contributed by atoms with Crippen molar-refractivity contribution in [1.82, 2.24) is 0 Å². The van der Waals surface area contributed by atoms with Crippen LogP contribution in [0.4, 0.5) is 17.1 Å². The Morgan fingerprint density at radius 3 is 2.42 bits per heavy atom. The highest BCUT2D eigenvalue weighted by molar-refractivity contribution is 6.06. The van der Waals surface area contributed by atoms with Crippen molar-refractivity contribution >= 4 is 28.9 Å². The van der Waals surface area contributed by atoms with Crippen LogP contribution in [-0.4, -0.2) is 32.0 Å². The van der Waals surface area contributed by atoms with E-state index in [2.05, 4.69) is 17.2 Å². The average molecular weight is 415 g/mol.